The fourth-order valence-corrected chi connectivity index (χ4v) is 1.82. The van der Waals surface area contributed by atoms with Crippen LogP contribution in [0.3, 0.4) is 0 Å². The molecule has 1 heterocycles. The first-order valence-corrected chi connectivity index (χ1v) is 5.66. The normalized spacial score (nSPS) is 11.8. The molecule has 0 fully saturated rings. The number of carbonyl (C=O) groups is 1. The lowest BCUT2D eigenvalue weighted by molar-refractivity contribution is 0.00595. The summed E-state index contributed by atoms with van der Waals surface area (Å²) in [5.41, 5.74) is 1.16. The summed E-state index contributed by atoms with van der Waals surface area (Å²) in [7, 11) is 1.88. The number of hydrogen-bond acceptors (Lipinski definition) is 2. The molecule has 3 nitrogen and oxygen atoms in total. The average molecular weight is 231 g/mol. The zero-order chi connectivity index (χ0) is 12.6. The van der Waals surface area contributed by atoms with Gasteiger partial charge in [0, 0.05) is 18.0 Å². The molecule has 90 valence electrons. The summed E-state index contributed by atoms with van der Waals surface area (Å²) in [6.45, 7) is 5.61. The highest BCUT2D eigenvalue weighted by atomic mass is 16.6. The van der Waals surface area contributed by atoms with Crippen molar-refractivity contribution in [2.24, 2.45) is 7.05 Å². The predicted molar refractivity (Wildman–Crippen MR) is 68.1 cm³/mol. The third-order valence-corrected chi connectivity index (χ3v) is 2.56. The van der Waals surface area contributed by atoms with E-state index in [1.165, 1.54) is 0 Å². The lowest BCUT2D eigenvalue weighted by Gasteiger charge is -2.19. The Kier molecular flexibility index (Phi) is 2.69. The predicted octanol–water partition coefficient (Wildman–Crippen LogP) is 3.13. The van der Waals surface area contributed by atoms with Crippen molar-refractivity contribution in [1.82, 2.24) is 4.57 Å². The van der Waals surface area contributed by atoms with Crippen LogP contribution >= 0.6 is 0 Å². The SMILES string of the molecule is Cn1c(C(=O)OC(C)(C)C)cc2ccccc21. The highest BCUT2D eigenvalue weighted by Crippen LogP contribution is 2.20. The number of rotatable bonds is 1. The average Bonchev–Trinajstić information content (AvgIpc) is 2.55. The van der Waals surface area contributed by atoms with Crippen LogP contribution in [0.4, 0.5) is 0 Å². The molecule has 0 aliphatic carbocycles. The Morgan fingerprint density at radius 1 is 1.24 bits per heavy atom. The van der Waals surface area contributed by atoms with Crippen molar-refractivity contribution < 1.29 is 9.53 Å². The summed E-state index contributed by atoms with van der Waals surface area (Å²) in [6.07, 6.45) is 0. The first-order chi connectivity index (χ1) is 7.88. The summed E-state index contributed by atoms with van der Waals surface area (Å²) in [5.74, 6) is -0.281. The highest BCUT2D eigenvalue weighted by molar-refractivity contribution is 5.95. The van der Waals surface area contributed by atoms with E-state index >= 15 is 0 Å². The molecule has 2 aromatic rings. The molecular formula is C14H17NO2. The van der Waals surface area contributed by atoms with Crippen LogP contribution in [0.15, 0.2) is 30.3 Å². The van der Waals surface area contributed by atoms with E-state index in [4.69, 9.17) is 4.74 Å². The van der Waals surface area contributed by atoms with E-state index in [1.807, 2.05) is 62.7 Å². The minimum absolute atomic E-state index is 0.281. The maximum atomic E-state index is 12.0. The van der Waals surface area contributed by atoms with Gasteiger partial charge in [-0.15, -0.1) is 0 Å². The Balaban J connectivity index is 2.43. The Labute approximate surface area is 101 Å². The standard InChI is InChI=1S/C14H17NO2/c1-14(2,3)17-13(16)12-9-10-7-5-6-8-11(10)15(12)4/h5-9H,1-4H3. The quantitative estimate of drug-likeness (QED) is 0.706. The Hall–Kier alpha value is -1.77. The second-order valence-corrected chi connectivity index (χ2v) is 5.15. The van der Waals surface area contributed by atoms with Gasteiger partial charge >= 0.3 is 5.97 Å². The number of aryl methyl sites for hydroxylation is 1. The van der Waals surface area contributed by atoms with E-state index in [9.17, 15) is 4.79 Å². The molecule has 17 heavy (non-hydrogen) atoms. The summed E-state index contributed by atoms with van der Waals surface area (Å²) < 4.78 is 7.24. The maximum Gasteiger partial charge on any atom is 0.355 e. The lowest BCUT2D eigenvalue weighted by atomic mass is 10.2. The van der Waals surface area contributed by atoms with Gasteiger partial charge in [0.05, 0.1) is 0 Å². The Bertz CT molecular complexity index is 561. The van der Waals surface area contributed by atoms with Gasteiger partial charge in [0.15, 0.2) is 0 Å². The summed E-state index contributed by atoms with van der Waals surface area (Å²) in [5, 5.41) is 1.05. The number of carbonyl (C=O) groups excluding carboxylic acids is 1. The van der Waals surface area contributed by atoms with Crippen LogP contribution in [0, 0.1) is 0 Å². The molecule has 0 saturated heterocycles. The number of hydrogen-bond donors (Lipinski definition) is 0. The minimum Gasteiger partial charge on any atom is -0.455 e. The molecule has 2 rings (SSSR count). The van der Waals surface area contributed by atoms with Crippen LogP contribution in [-0.4, -0.2) is 16.1 Å². The van der Waals surface area contributed by atoms with Crippen LogP contribution in [-0.2, 0) is 11.8 Å². The molecule has 1 aromatic carbocycles. The van der Waals surface area contributed by atoms with E-state index in [0.717, 1.165) is 10.9 Å². The molecule has 3 heteroatoms. The van der Waals surface area contributed by atoms with Crippen LogP contribution in [0.2, 0.25) is 0 Å². The molecule has 0 unspecified atom stereocenters. The van der Waals surface area contributed by atoms with Crippen molar-refractivity contribution in [3.05, 3.63) is 36.0 Å². The summed E-state index contributed by atoms with van der Waals surface area (Å²) in [4.78, 5) is 12.0. The molecule has 0 radical (unpaired) electrons. The van der Waals surface area contributed by atoms with E-state index in [2.05, 4.69) is 0 Å². The molecule has 1 aromatic heterocycles. The molecular weight excluding hydrogens is 214 g/mol. The zero-order valence-electron chi connectivity index (χ0n) is 10.7. The molecule has 0 N–H and O–H groups in total. The summed E-state index contributed by atoms with van der Waals surface area (Å²) >= 11 is 0. The van der Waals surface area contributed by atoms with Gasteiger partial charge in [-0.1, -0.05) is 18.2 Å². The molecule has 0 spiro atoms. The van der Waals surface area contributed by atoms with E-state index < -0.39 is 5.60 Å². The van der Waals surface area contributed by atoms with Crippen molar-refractivity contribution in [3.63, 3.8) is 0 Å². The topological polar surface area (TPSA) is 31.2 Å². The second-order valence-electron chi connectivity index (χ2n) is 5.15. The number of fused-ring (bicyclic) bond motifs is 1. The first-order valence-electron chi connectivity index (χ1n) is 5.66. The van der Waals surface area contributed by atoms with Crippen LogP contribution < -0.4 is 0 Å². The van der Waals surface area contributed by atoms with Gasteiger partial charge in [-0.2, -0.15) is 0 Å². The van der Waals surface area contributed by atoms with Crippen LogP contribution in [0.25, 0.3) is 10.9 Å². The van der Waals surface area contributed by atoms with Crippen molar-refractivity contribution in [2.45, 2.75) is 26.4 Å². The van der Waals surface area contributed by atoms with Gasteiger partial charge < -0.3 is 9.30 Å². The summed E-state index contributed by atoms with van der Waals surface area (Å²) in [6, 6.07) is 9.76. The van der Waals surface area contributed by atoms with Crippen molar-refractivity contribution >= 4 is 16.9 Å². The third kappa shape index (κ3) is 2.33. The molecule has 0 bridgehead atoms. The Morgan fingerprint density at radius 2 is 1.88 bits per heavy atom. The number of benzene rings is 1. The molecule has 0 saturated carbocycles. The maximum absolute atomic E-state index is 12.0. The van der Waals surface area contributed by atoms with Gasteiger partial charge in [0.1, 0.15) is 11.3 Å². The number of nitrogens with zero attached hydrogens (tertiary/aromatic N) is 1. The van der Waals surface area contributed by atoms with E-state index in [-0.39, 0.29) is 5.97 Å². The fourth-order valence-electron chi connectivity index (χ4n) is 1.82. The number of para-hydroxylation sites is 1. The van der Waals surface area contributed by atoms with Gasteiger partial charge in [-0.25, -0.2) is 4.79 Å². The lowest BCUT2D eigenvalue weighted by Crippen LogP contribution is -2.25. The Morgan fingerprint density at radius 3 is 2.47 bits per heavy atom. The fraction of sp³-hybridized carbons (Fsp3) is 0.357. The largest absolute Gasteiger partial charge is 0.455 e. The van der Waals surface area contributed by atoms with Crippen molar-refractivity contribution in [3.8, 4) is 0 Å². The first kappa shape index (κ1) is 11.7. The highest BCUT2D eigenvalue weighted by Gasteiger charge is 2.20. The molecule has 0 aliphatic heterocycles. The van der Waals surface area contributed by atoms with Crippen molar-refractivity contribution in [2.75, 3.05) is 0 Å². The van der Waals surface area contributed by atoms with Gasteiger partial charge in [0.2, 0.25) is 0 Å². The van der Waals surface area contributed by atoms with Crippen LogP contribution in [0.1, 0.15) is 31.3 Å². The van der Waals surface area contributed by atoms with Gasteiger partial charge in [0.25, 0.3) is 0 Å². The molecule has 0 atom stereocenters. The van der Waals surface area contributed by atoms with Crippen molar-refractivity contribution in [1.29, 1.82) is 0 Å². The number of aromatic nitrogens is 1. The monoisotopic (exact) mass is 231 g/mol. The van der Waals surface area contributed by atoms with E-state index in [0.29, 0.717) is 5.69 Å². The van der Waals surface area contributed by atoms with Crippen LogP contribution in [0.5, 0.6) is 0 Å². The molecule has 0 amide bonds. The second kappa shape index (κ2) is 3.91. The zero-order valence-corrected chi connectivity index (χ0v) is 10.7. The number of esters is 1. The third-order valence-electron chi connectivity index (χ3n) is 2.56. The van der Waals surface area contributed by atoms with Gasteiger partial charge in [-0.05, 0) is 32.9 Å². The molecule has 0 aliphatic rings. The minimum atomic E-state index is -0.465. The smallest absolute Gasteiger partial charge is 0.355 e. The number of ether oxygens (including phenoxy) is 1. The van der Waals surface area contributed by atoms with Gasteiger partial charge in [-0.3, -0.25) is 0 Å². The van der Waals surface area contributed by atoms with E-state index in [1.54, 1.807) is 0 Å².